The van der Waals surface area contributed by atoms with Gasteiger partial charge in [-0.2, -0.15) is 0 Å². The zero-order valence-corrected chi connectivity index (χ0v) is 15.0. The summed E-state index contributed by atoms with van der Waals surface area (Å²) in [7, 11) is 0. The van der Waals surface area contributed by atoms with Crippen LogP contribution >= 0.6 is 0 Å². The van der Waals surface area contributed by atoms with E-state index in [-0.39, 0.29) is 11.8 Å². The smallest absolute Gasteiger partial charge is 0.228 e. The number of hydrogen-bond acceptors (Lipinski definition) is 2. The number of nitrogens with zero attached hydrogens (tertiary/aromatic N) is 2. The average molecular weight is 342 g/mol. The summed E-state index contributed by atoms with van der Waals surface area (Å²) in [5.74, 6) is 0.259. The second-order valence-corrected chi connectivity index (χ2v) is 6.77. The Kier molecular flexibility index (Phi) is 5.26. The molecule has 6 heteroatoms. The van der Waals surface area contributed by atoms with Crippen molar-refractivity contribution in [3.8, 4) is 0 Å². The molecule has 1 saturated heterocycles. The van der Waals surface area contributed by atoms with Gasteiger partial charge in [0, 0.05) is 49.5 Å². The molecule has 25 heavy (non-hydrogen) atoms. The van der Waals surface area contributed by atoms with Crippen molar-refractivity contribution in [2.24, 2.45) is 0 Å². The van der Waals surface area contributed by atoms with Crippen LogP contribution in [0.15, 0.2) is 24.4 Å². The van der Waals surface area contributed by atoms with E-state index in [1.807, 2.05) is 48.0 Å². The van der Waals surface area contributed by atoms with Gasteiger partial charge in [-0.25, -0.2) is 0 Å². The van der Waals surface area contributed by atoms with Crippen LogP contribution in [0.1, 0.15) is 29.1 Å². The molecule has 2 N–H and O–H groups in total. The van der Waals surface area contributed by atoms with E-state index in [9.17, 15) is 9.59 Å². The number of carbonyl (C=O) groups is 2. The van der Waals surface area contributed by atoms with Crippen molar-refractivity contribution < 1.29 is 9.59 Å². The highest BCUT2D eigenvalue weighted by Gasteiger charge is 2.22. The third-order valence-corrected chi connectivity index (χ3v) is 4.80. The third-order valence-electron chi connectivity index (χ3n) is 4.80. The molecule has 0 aliphatic carbocycles. The van der Waals surface area contributed by atoms with Gasteiger partial charge in [-0.3, -0.25) is 9.59 Å². The largest absolute Gasteiger partial charge is 0.365 e. The van der Waals surface area contributed by atoms with E-state index in [0.717, 1.165) is 29.1 Å². The van der Waals surface area contributed by atoms with E-state index in [4.69, 9.17) is 0 Å². The molecule has 3 rings (SSSR count). The highest BCUT2D eigenvalue weighted by atomic mass is 16.2. The van der Waals surface area contributed by atoms with Gasteiger partial charge in [0.1, 0.15) is 0 Å². The van der Waals surface area contributed by atoms with E-state index in [2.05, 4.69) is 9.97 Å². The van der Waals surface area contributed by atoms with E-state index in [0.29, 0.717) is 39.0 Å². The van der Waals surface area contributed by atoms with Crippen molar-refractivity contribution in [2.75, 3.05) is 26.2 Å². The molecule has 0 spiro atoms. The quantitative estimate of drug-likeness (QED) is 0.889. The first-order valence-corrected chi connectivity index (χ1v) is 8.86. The Labute approximate surface area is 148 Å². The Balaban J connectivity index is 1.54. The summed E-state index contributed by atoms with van der Waals surface area (Å²) in [6, 6.07) is 5.86. The summed E-state index contributed by atoms with van der Waals surface area (Å²) in [6.07, 6.45) is 3.47. The second-order valence-electron chi connectivity index (χ2n) is 6.77. The zero-order valence-electron chi connectivity index (χ0n) is 15.0. The molecule has 1 aliphatic heterocycles. The number of H-pyrrole nitrogens is 2. The minimum absolute atomic E-state index is 0.119. The van der Waals surface area contributed by atoms with E-state index < -0.39 is 0 Å². The lowest BCUT2D eigenvalue weighted by Gasteiger charge is -2.22. The lowest BCUT2D eigenvalue weighted by molar-refractivity contribution is -0.132. The molecule has 3 heterocycles. The number of aromatic nitrogens is 2. The monoisotopic (exact) mass is 342 g/mol. The molecule has 2 aromatic rings. The van der Waals surface area contributed by atoms with Crippen LogP contribution in [0.4, 0.5) is 0 Å². The van der Waals surface area contributed by atoms with Crippen molar-refractivity contribution in [1.82, 2.24) is 19.8 Å². The molecule has 0 unspecified atom stereocenters. The fourth-order valence-corrected chi connectivity index (χ4v) is 3.41. The topological polar surface area (TPSA) is 72.2 Å². The van der Waals surface area contributed by atoms with Crippen LogP contribution in [0, 0.1) is 13.8 Å². The van der Waals surface area contributed by atoms with Gasteiger partial charge in [-0.05, 0) is 44.0 Å². The number of nitrogens with one attached hydrogen (secondary N) is 2. The van der Waals surface area contributed by atoms with Gasteiger partial charge in [-0.1, -0.05) is 0 Å². The predicted octanol–water partition coefficient (Wildman–Crippen LogP) is 1.81. The van der Waals surface area contributed by atoms with Gasteiger partial charge in [0.05, 0.1) is 12.8 Å². The number of carbonyl (C=O) groups excluding carboxylic acids is 2. The Bertz CT molecular complexity index is 733. The molecule has 2 amide bonds. The second kappa shape index (κ2) is 7.59. The van der Waals surface area contributed by atoms with Crippen LogP contribution in [0.2, 0.25) is 0 Å². The minimum Gasteiger partial charge on any atom is -0.365 e. The predicted molar refractivity (Wildman–Crippen MR) is 96.2 cm³/mol. The normalized spacial score (nSPS) is 15.3. The molecule has 0 atom stereocenters. The first kappa shape index (κ1) is 17.3. The van der Waals surface area contributed by atoms with Crippen molar-refractivity contribution in [2.45, 2.75) is 33.1 Å². The number of amides is 2. The van der Waals surface area contributed by atoms with Crippen LogP contribution in [0.25, 0.3) is 0 Å². The Morgan fingerprint density at radius 2 is 1.72 bits per heavy atom. The van der Waals surface area contributed by atoms with Crippen LogP contribution in [-0.4, -0.2) is 57.8 Å². The molecular weight excluding hydrogens is 316 g/mol. The summed E-state index contributed by atoms with van der Waals surface area (Å²) in [5, 5.41) is 0. The van der Waals surface area contributed by atoms with Gasteiger partial charge in [0.25, 0.3) is 0 Å². The lowest BCUT2D eigenvalue weighted by atomic mass is 10.1. The van der Waals surface area contributed by atoms with Crippen LogP contribution in [-0.2, 0) is 22.4 Å². The molecule has 0 radical (unpaired) electrons. The van der Waals surface area contributed by atoms with Gasteiger partial charge in [-0.15, -0.1) is 0 Å². The zero-order chi connectivity index (χ0) is 17.8. The maximum atomic E-state index is 12.6. The number of rotatable bonds is 4. The third kappa shape index (κ3) is 4.32. The van der Waals surface area contributed by atoms with Gasteiger partial charge >= 0.3 is 0 Å². The Hall–Kier alpha value is -2.50. The maximum Gasteiger partial charge on any atom is 0.228 e. The van der Waals surface area contributed by atoms with Gasteiger partial charge in [0.15, 0.2) is 0 Å². The summed E-state index contributed by atoms with van der Waals surface area (Å²) in [6.45, 7) is 6.65. The lowest BCUT2D eigenvalue weighted by Crippen LogP contribution is -2.38. The molecule has 134 valence electrons. The molecule has 2 aromatic heterocycles. The van der Waals surface area contributed by atoms with Crippen molar-refractivity contribution in [1.29, 1.82) is 0 Å². The molecule has 0 bridgehead atoms. The van der Waals surface area contributed by atoms with Crippen molar-refractivity contribution in [3.05, 3.63) is 47.0 Å². The standard InChI is InChI=1S/C19H26N4O2/c1-14-11-16(15(2)21-14)12-18(24)22-7-4-8-23(10-9-22)19(25)13-17-5-3-6-20-17/h3,5-6,11,20-21H,4,7-10,12-13H2,1-2H3. The van der Waals surface area contributed by atoms with E-state index in [1.165, 1.54) is 0 Å². The number of aryl methyl sites for hydroxylation is 2. The molecule has 0 aromatic carbocycles. The minimum atomic E-state index is 0.119. The molecule has 1 aliphatic rings. The SMILES string of the molecule is Cc1cc(CC(=O)N2CCCN(C(=O)Cc3ccc[nH]3)CC2)c(C)[nH]1. The fraction of sp³-hybridized carbons (Fsp3) is 0.474. The first-order valence-electron chi connectivity index (χ1n) is 8.86. The van der Waals surface area contributed by atoms with Crippen molar-refractivity contribution >= 4 is 11.8 Å². The maximum absolute atomic E-state index is 12.6. The van der Waals surface area contributed by atoms with E-state index in [1.54, 1.807) is 0 Å². The molecule has 6 nitrogen and oxygen atoms in total. The highest BCUT2D eigenvalue weighted by molar-refractivity contribution is 5.80. The van der Waals surface area contributed by atoms with Crippen LogP contribution in [0.5, 0.6) is 0 Å². The van der Waals surface area contributed by atoms with Crippen LogP contribution in [0.3, 0.4) is 0 Å². The summed E-state index contributed by atoms with van der Waals surface area (Å²) in [4.78, 5) is 35.1. The number of hydrogen-bond donors (Lipinski definition) is 2. The summed E-state index contributed by atoms with van der Waals surface area (Å²) < 4.78 is 0. The van der Waals surface area contributed by atoms with Gasteiger partial charge in [0.2, 0.25) is 11.8 Å². The summed E-state index contributed by atoms with van der Waals surface area (Å²) in [5.41, 5.74) is 4.13. The molecule has 1 fully saturated rings. The Morgan fingerprint density at radius 3 is 2.28 bits per heavy atom. The average Bonchev–Trinajstić information content (AvgIpc) is 3.09. The van der Waals surface area contributed by atoms with Crippen LogP contribution < -0.4 is 0 Å². The molecular formula is C19H26N4O2. The Morgan fingerprint density at radius 1 is 1.04 bits per heavy atom. The fourth-order valence-electron chi connectivity index (χ4n) is 3.41. The summed E-state index contributed by atoms with van der Waals surface area (Å²) >= 11 is 0. The van der Waals surface area contributed by atoms with E-state index >= 15 is 0 Å². The number of aromatic amines is 2. The first-order chi connectivity index (χ1) is 12.0. The molecule has 0 saturated carbocycles. The highest BCUT2D eigenvalue weighted by Crippen LogP contribution is 2.13. The van der Waals surface area contributed by atoms with Gasteiger partial charge < -0.3 is 19.8 Å². The van der Waals surface area contributed by atoms with Crippen molar-refractivity contribution in [3.63, 3.8) is 0 Å².